The van der Waals surface area contributed by atoms with E-state index in [9.17, 15) is 0 Å². The Hall–Kier alpha value is -3.65. The van der Waals surface area contributed by atoms with Crippen molar-refractivity contribution in [3.8, 4) is 6.07 Å². The van der Waals surface area contributed by atoms with Crippen LogP contribution in [0, 0.1) is 17.2 Å². The van der Waals surface area contributed by atoms with E-state index in [-0.39, 0.29) is 5.92 Å². The van der Waals surface area contributed by atoms with Crippen LogP contribution in [0.25, 0.3) is 10.8 Å². The summed E-state index contributed by atoms with van der Waals surface area (Å²) < 4.78 is 0. The number of aromatic nitrogens is 1. The number of dihydropyridines is 1. The number of pyridine rings is 1. The molecule has 0 spiro atoms. The molecule has 1 atom stereocenters. The molecule has 31 heavy (non-hydrogen) atoms. The molecule has 1 fully saturated rings. The molecule has 5 rings (SSSR count). The van der Waals surface area contributed by atoms with Crippen molar-refractivity contribution in [1.29, 1.82) is 5.26 Å². The van der Waals surface area contributed by atoms with E-state index in [1.165, 1.54) is 22.0 Å². The van der Waals surface area contributed by atoms with Crippen LogP contribution in [0.2, 0.25) is 0 Å². The molecule has 1 unspecified atom stereocenters. The van der Waals surface area contributed by atoms with E-state index >= 15 is 0 Å². The van der Waals surface area contributed by atoms with Gasteiger partial charge >= 0.3 is 0 Å². The molecule has 2 aliphatic rings. The Bertz CT molecular complexity index is 1170. The van der Waals surface area contributed by atoms with Crippen LogP contribution in [0.4, 0.5) is 5.69 Å². The van der Waals surface area contributed by atoms with Gasteiger partial charge in [-0.2, -0.15) is 5.26 Å². The molecule has 0 N–H and O–H groups in total. The van der Waals surface area contributed by atoms with Gasteiger partial charge in [0.15, 0.2) is 0 Å². The van der Waals surface area contributed by atoms with Crippen molar-refractivity contribution in [2.24, 2.45) is 10.9 Å². The third-order valence-electron chi connectivity index (χ3n) is 6.11. The molecule has 0 aliphatic carbocycles. The quantitative estimate of drug-likeness (QED) is 0.657. The zero-order valence-corrected chi connectivity index (χ0v) is 17.5. The number of anilines is 1. The first-order chi connectivity index (χ1) is 15.3. The zero-order chi connectivity index (χ0) is 21.0. The average Bonchev–Trinajstić information content (AvgIpc) is 2.85. The summed E-state index contributed by atoms with van der Waals surface area (Å²) in [7, 11) is 0. The van der Waals surface area contributed by atoms with Crippen LogP contribution in [0.1, 0.15) is 11.3 Å². The van der Waals surface area contributed by atoms with Gasteiger partial charge in [-0.25, -0.2) is 0 Å². The second-order valence-corrected chi connectivity index (χ2v) is 8.07. The first kappa shape index (κ1) is 19.3. The van der Waals surface area contributed by atoms with Gasteiger partial charge in [0.2, 0.25) is 0 Å². The van der Waals surface area contributed by atoms with Gasteiger partial charge in [-0.3, -0.25) is 9.98 Å². The number of benzene rings is 2. The lowest BCUT2D eigenvalue weighted by Crippen LogP contribution is -2.49. The Labute approximate surface area is 183 Å². The molecule has 1 aromatic heterocycles. The van der Waals surface area contributed by atoms with Crippen LogP contribution < -0.4 is 4.90 Å². The van der Waals surface area contributed by atoms with Gasteiger partial charge in [0.05, 0.1) is 36.1 Å². The smallest absolute Gasteiger partial charge is 0.123 e. The Morgan fingerprint density at radius 2 is 1.61 bits per heavy atom. The van der Waals surface area contributed by atoms with Crippen LogP contribution in [-0.2, 0) is 6.42 Å². The molecule has 0 saturated carbocycles. The van der Waals surface area contributed by atoms with Gasteiger partial charge in [-0.05, 0) is 11.6 Å². The topological polar surface area (TPSA) is 55.5 Å². The molecule has 154 valence electrons. The largest absolute Gasteiger partial charge is 0.366 e. The first-order valence-electron chi connectivity index (χ1n) is 10.8. The van der Waals surface area contributed by atoms with Gasteiger partial charge in [-0.1, -0.05) is 60.7 Å². The third-order valence-corrected chi connectivity index (χ3v) is 6.11. The van der Waals surface area contributed by atoms with Crippen molar-refractivity contribution in [2.75, 3.05) is 37.6 Å². The number of nitrogens with zero attached hydrogens (tertiary/aromatic N) is 5. The molecule has 2 aliphatic heterocycles. The number of piperazine rings is 1. The van der Waals surface area contributed by atoms with Crippen molar-refractivity contribution >= 4 is 22.3 Å². The highest BCUT2D eigenvalue weighted by Gasteiger charge is 2.22. The Kier molecular flexibility index (Phi) is 5.37. The van der Waals surface area contributed by atoms with Gasteiger partial charge in [-0.15, -0.1) is 0 Å². The maximum absolute atomic E-state index is 9.04. The fraction of sp³-hybridized carbons (Fsp3) is 0.269. The number of nitriles is 1. The van der Waals surface area contributed by atoms with E-state index in [0.29, 0.717) is 6.54 Å². The van der Waals surface area contributed by atoms with Crippen LogP contribution in [0.5, 0.6) is 0 Å². The lowest BCUT2D eigenvalue weighted by molar-refractivity contribution is 0.385. The van der Waals surface area contributed by atoms with Crippen molar-refractivity contribution < 1.29 is 0 Å². The van der Waals surface area contributed by atoms with Crippen molar-refractivity contribution in [3.05, 3.63) is 84.2 Å². The van der Waals surface area contributed by atoms with E-state index in [1.807, 2.05) is 24.4 Å². The van der Waals surface area contributed by atoms with E-state index in [1.54, 1.807) is 0 Å². The molecule has 5 nitrogen and oxygen atoms in total. The third kappa shape index (κ3) is 4.02. The lowest BCUT2D eigenvalue weighted by atomic mass is 10.0. The fourth-order valence-electron chi connectivity index (χ4n) is 4.39. The van der Waals surface area contributed by atoms with Crippen molar-refractivity contribution in [2.45, 2.75) is 6.42 Å². The van der Waals surface area contributed by atoms with Crippen LogP contribution in [0.3, 0.4) is 0 Å². The first-order valence-corrected chi connectivity index (χ1v) is 10.8. The highest BCUT2D eigenvalue weighted by Crippen LogP contribution is 2.30. The molecule has 0 radical (unpaired) electrons. The summed E-state index contributed by atoms with van der Waals surface area (Å²) in [6, 6.07) is 21.4. The fourth-order valence-corrected chi connectivity index (χ4v) is 4.39. The highest BCUT2D eigenvalue weighted by molar-refractivity contribution is 5.96. The number of fused-ring (bicyclic) bond motifs is 1. The van der Waals surface area contributed by atoms with Crippen molar-refractivity contribution in [1.82, 2.24) is 9.88 Å². The van der Waals surface area contributed by atoms with E-state index in [0.717, 1.165) is 44.1 Å². The molecular formula is C26H25N5. The standard InChI is InChI=1S/C26H25N5/c27-17-21-10-11-26(29-18-21)31-14-12-30(13-15-31)25-19-28-24(16-20-6-2-1-3-7-20)22-8-4-5-9-23(22)25/h1-11,19,21H,12-16,18H2. The van der Waals surface area contributed by atoms with Gasteiger partial charge < -0.3 is 9.80 Å². The lowest BCUT2D eigenvalue weighted by Gasteiger charge is -2.38. The summed E-state index contributed by atoms with van der Waals surface area (Å²) in [5, 5.41) is 11.5. The molecule has 1 saturated heterocycles. The molecule has 0 amide bonds. The van der Waals surface area contributed by atoms with E-state index in [2.05, 4.69) is 69.4 Å². The maximum Gasteiger partial charge on any atom is 0.123 e. The van der Waals surface area contributed by atoms with Gasteiger partial charge in [0, 0.05) is 43.4 Å². The number of hydrogen-bond donors (Lipinski definition) is 0. The molecule has 2 aromatic carbocycles. The van der Waals surface area contributed by atoms with Gasteiger partial charge in [0.1, 0.15) is 5.84 Å². The predicted molar refractivity (Wildman–Crippen MR) is 125 cm³/mol. The summed E-state index contributed by atoms with van der Waals surface area (Å²) in [5.41, 5.74) is 3.61. The summed E-state index contributed by atoms with van der Waals surface area (Å²) in [6.45, 7) is 4.26. The van der Waals surface area contributed by atoms with Crippen LogP contribution in [0.15, 0.2) is 77.9 Å². The number of aliphatic imine (C=N–C) groups is 1. The summed E-state index contributed by atoms with van der Waals surface area (Å²) in [5.74, 6) is 0.921. The Morgan fingerprint density at radius 3 is 2.32 bits per heavy atom. The minimum atomic E-state index is -0.0862. The monoisotopic (exact) mass is 407 g/mol. The highest BCUT2D eigenvalue weighted by atomic mass is 15.3. The van der Waals surface area contributed by atoms with Crippen LogP contribution >= 0.6 is 0 Å². The molecule has 5 heteroatoms. The summed E-state index contributed by atoms with van der Waals surface area (Å²) in [6.07, 6.45) is 6.86. The number of amidine groups is 1. The maximum atomic E-state index is 9.04. The number of hydrogen-bond acceptors (Lipinski definition) is 5. The zero-order valence-electron chi connectivity index (χ0n) is 17.5. The molecule has 3 heterocycles. The Balaban J connectivity index is 1.35. The predicted octanol–water partition coefficient (Wildman–Crippen LogP) is 4.06. The summed E-state index contributed by atoms with van der Waals surface area (Å²) >= 11 is 0. The Morgan fingerprint density at radius 1 is 0.903 bits per heavy atom. The molecule has 0 bridgehead atoms. The van der Waals surface area contributed by atoms with Gasteiger partial charge in [0.25, 0.3) is 0 Å². The minimum Gasteiger partial charge on any atom is -0.366 e. The van der Waals surface area contributed by atoms with Crippen molar-refractivity contribution in [3.63, 3.8) is 0 Å². The second-order valence-electron chi connectivity index (χ2n) is 8.07. The van der Waals surface area contributed by atoms with E-state index < -0.39 is 0 Å². The average molecular weight is 408 g/mol. The summed E-state index contributed by atoms with van der Waals surface area (Å²) in [4.78, 5) is 14.2. The molecular weight excluding hydrogens is 382 g/mol. The normalized spacial score (nSPS) is 18.7. The van der Waals surface area contributed by atoms with E-state index in [4.69, 9.17) is 10.2 Å². The van der Waals surface area contributed by atoms with Crippen LogP contribution in [-0.4, -0.2) is 48.4 Å². The molecule has 3 aromatic rings. The SMILES string of the molecule is N#CC1C=CC(N2CCN(c3cnc(Cc4ccccc4)c4ccccc34)CC2)=NC1. The number of rotatable bonds is 3. The minimum absolute atomic E-state index is 0.0862. The second kappa shape index (κ2) is 8.61.